The zero-order valence-electron chi connectivity index (χ0n) is 11.0. The highest BCUT2D eigenvalue weighted by Gasteiger charge is 2.17. The summed E-state index contributed by atoms with van der Waals surface area (Å²) in [5.41, 5.74) is 2.98. The monoisotopic (exact) mass is 220 g/mol. The van der Waals surface area contributed by atoms with E-state index in [0.717, 1.165) is 12.8 Å². The average Bonchev–Trinajstić information content (AvgIpc) is 2.29. The van der Waals surface area contributed by atoms with Crippen LogP contribution in [0.3, 0.4) is 0 Å². The number of benzene rings is 1. The van der Waals surface area contributed by atoms with Gasteiger partial charge >= 0.3 is 0 Å². The number of aliphatic hydroxyl groups excluding tert-OH is 1. The SMILES string of the molecule is CCC(C)(C)c1ccc(CC(C)CO)cc1. The van der Waals surface area contributed by atoms with E-state index in [0.29, 0.717) is 5.92 Å². The molecule has 0 aliphatic rings. The standard InChI is InChI=1S/C15H24O/c1-5-15(3,4)14-8-6-13(7-9-14)10-12(2)11-16/h6-9,12,16H,5,10-11H2,1-4H3. The van der Waals surface area contributed by atoms with Gasteiger partial charge in [0.15, 0.2) is 0 Å². The van der Waals surface area contributed by atoms with E-state index in [1.54, 1.807) is 0 Å². The first-order chi connectivity index (χ1) is 7.49. The van der Waals surface area contributed by atoms with Crippen molar-refractivity contribution in [2.75, 3.05) is 6.61 Å². The molecule has 0 aliphatic heterocycles. The van der Waals surface area contributed by atoms with E-state index in [1.807, 2.05) is 0 Å². The largest absolute Gasteiger partial charge is 0.396 e. The molecule has 1 atom stereocenters. The maximum absolute atomic E-state index is 9.02. The predicted octanol–water partition coefficient (Wildman–Crippen LogP) is 3.55. The topological polar surface area (TPSA) is 20.2 Å². The molecule has 0 heterocycles. The highest BCUT2D eigenvalue weighted by atomic mass is 16.3. The third kappa shape index (κ3) is 3.34. The molecule has 0 bridgehead atoms. The molecule has 1 rings (SSSR count). The molecule has 1 nitrogen and oxygen atoms in total. The minimum Gasteiger partial charge on any atom is -0.396 e. The molecule has 16 heavy (non-hydrogen) atoms. The van der Waals surface area contributed by atoms with Crippen LogP contribution >= 0.6 is 0 Å². The Balaban J connectivity index is 2.75. The first kappa shape index (κ1) is 13.2. The van der Waals surface area contributed by atoms with Crippen LogP contribution in [0.5, 0.6) is 0 Å². The fourth-order valence-electron chi connectivity index (χ4n) is 1.76. The van der Waals surface area contributed by atoms with E-state index in [-0.39, 0.29) is 12.0 Å². The summed E-state index contributed by atoms with van der Waals surface area (Å²) >= 11 is 0. The van der Waals surface area contributed by atoms with Gasteiger partial charge in [-0.15, -0.1) is 0 Å². The minimum atomic E-state index is 0.265. The number of hydrogen-bond acceptors (Lipinski definition) is 1. The molecule has 90 valence electrons. The molecule has 0 fully saturated rings. The van der Waals surface area contributed by atoms with Crippen molar-refractivity contribution in [2.45, 2.75) is 46.0 Å². The highest BCUT2D eigenvalue weighted by Crippen LogP contribution is 2.26. The van der Waals surface area contributed by atoms with Crippen LogP contribution in [0, 0.1) is 5.92 Å². The number of hydrogen-bond donors (Lipinski definition) is 1. The number of rotatable bonds is 5. The van der Waals surface area contributed by atoms with E-state index >= 15 is 0 Å². The van der Waals surface area contributed by atoms with Gasteiger partial charge in [0.25, 0.3) is 0 Å². The van der Waals surface area contributed by atoms with Crippen molar-refractivity contribution < 1.29 is 5.11 Å². The fourth-order valence-corrected chi connectivity index (χ4v) is 1.76. The summed E-state index contributed by atoms with van der Waals surface area (Å²) in [5, 5.41) is 9.02. The van der Waals surface area contributed by atoms with Crippen molar-refractivity contribution >= 4 is 0 Å². The van der Waals surface area contributed by atoms with Crippen molar-refractivity contribution in [3.05, 3.63) is 35.4 Å². The van der Waals surface area contributed by atoms with Gasteiger partial charge in [0.05, 0.1) is 0 Å². The predicted molar refractivity (Wildman–Crippen MR) is 69.7 cm³/mol. The molecule has 0 amide bonds. The Hall–Kier alpha value is -0.820. The van der Waals surface area contributed by atoms with Crippen molar-refractivity contribution in [3.8, 4) is 0 Å². The molecule has 1 aromatic carbocycles. The highest BCUT2D eigenvalue weighted by molar-refractivity contribution is 5.28. The van der Waals surface area contributed by atoms with Crippen LogP contribution in [0.1, 0.15) is 45.2 Å². The smallest absolute Gasteiger partial charge is 0.0459 e. The lowest BCUT2D eigenvalue weighted by Crippen LogP contribution is -2.15. The normalized spacial score (nSPS) is 13.8. The van der Waals surface area contributed by atoms with Gasteiger partial charge < -0.3 is 5.11 Å². The summed E-state index contributed by atoms with van der Waals surface area (Å²) in [6, 6.07) is 8.84. The minimum absolute atomic E-state index is 0.265. The van der Waals surface area contributed by atoms with Crippen LogP contribution in [-0.4, -0.2) is 11.7 Å². The van der Waals surface area contributed by atoms with Crippen LogP contribution in [-0.2, 0) is 11.8 Å². The Morgan fingerprint density at radius 3 is 2.19 bits per heavy atom. The molecule has 0 aliphatic carbocycles. The maximum atomic E-state index is 9.02. The van der Waals surface area contributed by atoms with Gasteiger partial charge in [-0.1, -0.05) is 52.0 Å². The van der Waals surface area contributed by atoms with Gasteiger partial charge in [-0.2, -0.15) is 0 Å². The summed E-state index contributed by atoms with van der Waals surface area (Å²) in [7, 11) is 0. The van der Waals surface area contributed by atoms with Crippen molar-refractivity contribution in [1.29, 1.82) is 0 Å². The lowest BCUT2D eigenvalue weighted by molar-refractivity contribution is 0.237. The van der Waals surface area contributed by atoms with Crippen LogP contribution < -0.4 is 0 Å². The van der Waals surface area contributed by atoms with Crippen molar-refractivity contribution in [3.63, 3.8) is 0 Å². The van der Waals surface area contributed by atoms with Crippen LogP contribution in [0.15, 0.2) is 24.3 Å². The van der Waals surface area contributed by atoms with Gasteiger partial charge in [-0.25, -0.2) is 0 Å². The third-order valence-electron chi connectivity index (χ3n) is 3.52. The Morgan fingerprint density at radius 2 is 1.75 bits per heavy atom. The van der Waals surface area contributed by atoms with E-state index < -0.39 is 0 Å². The molecular weight excluding hydrogens is 196 g/mol. The lowest BCUT2D eigenvalue weighted by Gasteiger charge is -2.23. The summed E-state index contributed by atoms with van der Waals surface area (Å²) in [4.78, 5) is 0. The molecule has 0 aromatic heterocycles. The van der Waals surface area contributed by atoms with E-state index in [4.69, 9.17) is 5.11 Å². The summed E-state index contributed by atoms with van der Waals surface area (Å²) in [6.45, 7) is 9.12. The second kappa shape index (κ2) is 5.49. The van der Waals surface area contributed by atoms with E-state index in [9.17, 15) is 0 Å². The molecule has 1 aromatic rings. The Bertz CT molecular complexity index is 311. The van der Waals surface area contributed by atoms with E-state index in [1.165, 1.54) is 11.1 Å². The van der Waals surface area contributed by atoms with Gasteiger partial charge in [0.1, 0.15) is 0 Å². The van der Waals surface area contributed by atoms with Gasteiger partial charge in [0.2, 0.25) is 0 Å². The molecule has 1 N–H and O–H groups in total. The first-order valence-electron chi connectivity index (χ1n) is 6.20. The lowest BCUT2D eigenvalue weighted by atomic mass is 9.82. The molecule has 1 heteroatoms. The van der Waals surface area contributed by atoms with Crippen LogP contribution in [0.2, 0.25) is 0 Å². The van der Waals surface area contributed by atoms with Crippen LogP contribution in [0.4, 0.5) is 0 Å². The van der Waals surface area contributed by atoms with Crippen molar-refractivity contribution in [2.24, 2.45) is 5.92 Å². The zero-order chi connectivity index (χ0) is 12.2. The molecule has 1 unspecified atom stereocenters. The molecule has 0 saturated carbocycles. The third-order valence-corrected chi connectivity index (χ3v) is 3.52. The molecular formula is C15H24O. The Kier molecular flexibility index (Phi) is 4.55. The molecule has 0 saturated heterocycles. The molecule has 0 radical (unpaired) electrons. The van der Waals surface area contributed by atoms with Gasteiger partial charge in [-0.3, -0.25) is 0 Å². The Labute approximate surface area is 99.5 Å². The fraction of sp³-hybridized carbons (Fsp3) is 0.600. The second-order valence-electron chi connectivity index (χ2n) is 5.43. The maximum Gasteiger partial charge on any atom is 0.0459 e. The summed E-state index contributed by atoms with van der Waals surface area (Å²) in [5.74, 6) is 0.352. The number of aliphatic hydroxyl groups is 1. The van der Waals surface area contributed by atoms with Gasteiger partial charge in [-0.05, 0) is 35.3 Å². The van der Waals surface area contributed by atoms with Crippen molar-refractivity contribution in [1.82, 2.24) is 0 Å². The quantitative estimate of drug-likeness (QED) is 0.804. The summed E-state index contributed by atoms with van der Waals surface area (Å²) in [6.07, 6.45) is 2.11. The molecule has 0 spiro atoms. The average molecular weight is 220 g/mol. The second-order valence-corrected chi connectivity index (χ2v) is 5.43. The van der Waals surface area contributed by atoms with E-state index in [2.05, 4.69) is 52.0 Å². The summed E-state index contributed by atoms with van der Waals surface area (Å²) < 4.78 is 0. The first-order valence-corrected chi connectivity index (χ1v) is 6.20. The van der Waals surface area contributed by atoms with Crippen LogP contribution in [0.25, 0.3) is 0 Å². The Morgan fingerprint density at radius 1 is 1.19 bits per heavy atom. The van der Waals surface area contributed by atoms with Gasteiger partial charge in [0, 0.05) is 6.61 Å². The zero-order valence-corrected chi connectivity index (χ0v) is 11.0.